The Labute approximate surface area is 135 Å². The fourth-order valence-corrected chi connectivity index (χ4v) is 4.13. The van der Waals surface area contributed by atoms with Crippen LogP contribution in [-0.4, -0.2) is 34.1 Å². The number of benzene rings is 1. The number of morpholine rings is 1. The van der Waals surface area contributed by atoms with Crippen LogP contribution in [-0.2, 0) is 10.5 Å². The van der Waals surface area contributed by atoms with E-state index in [9.17, 15) is 0 Å². The number of nitrogens with zero attached hydrogens (tertiary/aromatic N) is 1. The molecule has 5 heteroatoms. The second kappa shape index (κ2) is 8.39. The van der Waals surface area contributed by atoms with Crippen LogP contribution in [0.5, 0.6) is 0 Å². The van der Waals surface area contributed by atoms with Gasteiger partial charge in [-0.3, -0.25) is 0 Å². The van der Waals surface area contributed by atoms with Gasteiger partial charge in [-0.1, -0.05) is 50.3 Å². The molecular weight excluding hydrogens is 306 g/mol. The number of thioether (sulfide) groups is 1. The van der Waals surface area contributed by atoms with Gasteiger partial charge in [-0.25, -0.2) is 4.31 Å². The molecule has 0 aromatic heterocycles. The zero-order chi connectivity index (χ0) is 14.4. The number of thiocarbonyl (C=S) groups is 1. The summed E-state index contributed by atoms with van der Waals surface area (Å²) in [7, 11) is 0. The molecule has 0 saturated carbocycles. The molecular formula is C15H21NOS3. The van der Waals surface area contributed by atoms with E-state index in [1.54, 1.807) is 23.7 Å². The third kappa shape index (κ3) is 5.37. The molecule has 1 fully saturated rings. The Bertz CT molecular complexity index is 427. The molecule has 1 heterocycles. The zero-order valence-corrected chi connectivity index (χ0v) is 14.5. The van der Waals surface area contributed by atoms with Gasteiger partial charge >= 0.3 is 0 Å². The van der Waals surface area contributed by atoms with Gasteiger partial charge in [-0.15, -0.1) is 11.8 Å². The summed E-state index contributed by atoms with van der Waals surface area (Å²) in [5.74, 6) is 1.55. The Kier molecular flexibility index (Phi) is 6.84. The second-order valence-corrected chi connectivity index (χ2v) is 8.34. The van der Waals surface area contributed by atoms with E-state index in [1.807, 2.05) is 0 Å². The van der Waals surface area contributed by atoms with Crippen molar-refractivity contribution in [3.63, 3.8) is 0 Å². The maximum atomic E-state index is 5.44. The molecule has 0 amide bonds. The molecule has 0 bridgehead atoms. The number of hydrogen-bond acceptors (Lipinski definition) is 5. The monoisotopic (exact) mass is 327 g/mol. The van der Waals surface area contributed by atoms with Crippen molar-refractivity contribution in [3.05, 3.63) is 35.4 Å². The van der Waals surface area contributed by atoms with E-state index < -0.39 is 0 Å². The van der Waals surface area contributed by atoms with E-state index in [0.717, 1.165) is 35.6 Å². The topological polar surface area (TPSA) is 12.5 Å². The lowest BCUT2D eigenvalue weighted by molar-refractivity contribution is 0.0778. The van der Waals surface area contributed by atoms with Gasteiger partial charge < -0.3 is 4.74 Å². The van der Waals surface area contributed by atoms with Gasteiger partial charge in [0.1, 0.15) is 3.53 Å². The summed E-state index contributed by atoms with van der Waals surface area (Å²) in [4.78, 5) is 0. The largest absolute Gasteiger partial charge is 0.379 e. The van der Waals surface area contributed by atoms with E-state index in [-0.39, 0.29) is 0 Å². The van der Waals surface area contributed by atoms with Gasteiger partial charge in [0.2, 0.25) is 0 Å². The summed E-state index contributed by atoms with van der Waals surface area (Å²) < 4.78 is 8.63. The second-order valence-electron chi connectivity index (χ2n) is 5.07. The molecule has 1 aromatic rings. The highest BCUT2D eigenvalue weighted by molar-refractivity contribution is 8.46. The van der Waals surface area contributed by atoms with Crippen molar-refractivity contribution in [2.75, 3.05) is 26.3 Å². The summed E-state index contributed by atoms with van der Waals surface area (Å²) in [6.07, 6.45) is 0. The van der Waals surface area contributed by atoms with Crippen molar-refractivity contribution in [1.82, 2.24) is 4.31 Å². The molecule has 0 aliphatic carbocycles. The summed E-state index contributed by atoms with van der Waals surface area (Å²) in [6, 6.07) is 8.87. The van der Waals surface area contributed by atoms with Gasteiger partial charge in [0.05, 0.1) is 13.2 Å². The van der Waals surface area contributed by atoms with E-state index in [4.69, 9.17) is 17.0 Å². The van der Waals surface area contributed by atoms with Crippen molar-refractivity contribution in [2.45, 2.75) is 25.5 Å². The van der Waals surface area contributed by atoms with Crippen molar-refractivity contribution < 1.29 is 4.74 Å². The van der Waals surface area contributed by atoms with Gasteiger partial charge in [0.25, 0.3) is 0 Å². The van der Waals surface area contributed by atoms with Crippen LogP contribution in [0.4, 0.5) is 0 Å². The van der Waals surface area contributed by atoms with Crippen molar-refractivity contribution >= 4 is 39.5 Å². The molecule has 20 heavy (non-hydrogen) atoms. The molecule has 1 aliphatic rings. The number of hydrogen-bond donors (Lipinski definition) is 0. The van der Waals surface area contributed by atoms with E-state index >= 15 is 0 Å². The Balaban J connectivity index is 1.74. The molecule has 0 spiro atoms. The average Bonchev–Trinajstić information content (AvgIpc) is 2.46. The number of ether oxygens (including phenoxy) is 1. The standard InChI is InChI=1S/C15H21NOS3/c1-12(2)14-5-3-13(4-6-14)11-19-15(18)20-16-7-9-17-10-8-16/h3-6,12H,7-11H2,1-2H3. The smallest absolute Gasteiger partial charge is 0.119 e. The maximum Gasteiger partial charge on any atom is 0.119 e. The molecule has 2 nitrogen and oxygen atoms in total. The Morgan fingerprint density at radius 3 is 2.50 bits per heavy atom. The third-order valence-electron chi connectivity index (χ3n) is 3.18. The minimum atomic E-state index is 0.592. The van der Waals surface area contributed by atoms with Crippen LogP contribution in [0.3, 0.4) is 0 Å². The van der Waals surface area contributed by atoms with Crippen molar-refractivity contribution in [1.29, 1.82) is 0 Å². The van der Waals surface area contributed by atoms with Crippen LogP contribution in [0, 0.1) is 0 Å². The average molecular weight is 328 g/mol. The van der Waals surface area contributed by atoms with Crippen LogP contribution < -0.4 is 0 Å². The van der Waals surface area contributed by atoms with Crippen molar-refractivity contribution in [2.24, 2.45) is 0 Å². The minimum absolute atomic E-state index is 0.592. The third-order valence-corrected chi connectivity index (χ3v) is 5.82. The zero-order valence-electron chi connectivity index (χ0n) is 12.0. The Morgan fingerprint density at radius 2 is 1.90 bits per heavy atom. The van der Waals surface area contributed by atoms with E-state index in [0.29, 0.717) is 5.92 Å². The maximum absolute atomic E-state index is 5.44. The SMILES string of the molecule is CC(C)c1ccc(CSC(=S)SN2CCOCC2)cc1. The van der Waals surface area contributed by atoms with Crippen LogP contribution in [0.25, 0.3) is 0 Å². The highest BCUT2D eigenvalue weighted by atomic mass is 32.2. The molecule has 0 N–H and O–H groups in total. The molecule has 2 rings (SSSR count). The van der Waals surface area contributed by atoms with Gasteiger partial charge in [-0.05, 0) is 29.0 Å². The molecule has 110 valence electrons. The minimum Gasteiger partial charge on any atom is -0.379 e. The van der Waals surface area contributed by atoms with Crippen LogP contribution in [0.15, 0.2) is 24.3 Å². The first-order chi connectivity index (χ1) is 9.65. The summed E-state index contributed by atoms with van der Waals surface area (Å²) in [5.41, 5.74) is 2.73. The van der Waals surface area contributed by atoms with E-state index in [2.05, 4.69) is 42.4 Å². The van der Waals surface area contributed by atoms with Gasteiger partial charge in [-0.2, -0.15) is 0 Å². The quantitative estimate of drug-likeness (QED) is 0.602. The van der Waals surface area contributed by atoms with Crippen LogP contribution in [0.2, 0.25) is 0 Å². The molecule has 0 radical (unpaired) electrons. The van der Waals surface area contributed by atoms with Gasteiger partial charge in [0, 0.05) is 18.8 Å². The number of rotatable bonds is 4. The predicted octanol–water partition coefficient (Wildman–Crippen LogP) is 4.31. The Hall–Kier alpha value is -0.0700. The van der Waals surface area contributed by atoms with Crippen molar-refractivity contribution in [3.8, 4) is 0 Å². The highest BCUT2D eigenvalue weighted by Crippen LogP contribution is 2.25. The van der Waals surface area contributed by atoms with Crippen LogP contribution >= 0.6 is 35.9 Å². The Morgan fingerprint density at radius 1 is 1.25 bits per heavy atom. The first-order valence-electron chi connectivity index (χ1n) is 6.91. The molecule has 0 unspecified atom stereocenters. The van der Waals surface area contributed by atoms with Crippen LogP contribution in [0.1, 0.15) is 30.9 Å². The van der Waals surface area contributed by atoms with Gasteiger partial charge in [0.15, 0.2) is 0 Å². The highest BCUT2D eigenvalue weighted by Gasteiger charge is 2.13. The summed E-state index contributed by atoms with van der Waals surface area (Å²) in [6.45, 7) is 8.01. The predicted molar refractivity (Wildman–Crippen MR) is 94.4 cm³/mol. The molecule has 1 saturated heterocycles. The molecule has 0 atom stereocenters. The summed E-state index contributed by atoms with van der Waals surface area (Å²) in [5, 5.41) is 0. The first kappa shape index (κ1) is 16.3. The molecule has 1 aromatic carbocycles. The lowest BCUT2D eigenvalue weighted by atomic mass is 10.0. The first-order valence-corrected chi connectivity index (χ1v) is 9.08. The fraction of sp³-hybridized carbons (Fsp3) is 0.533. The summed E-state index contributed by atoms with van der Waals surface area (Å²) >= 11 is 8.89. The fourth-order valence-electron chi connectivity index (χ4n) is 1.91. The van der Waals surface area contributed by atoms with E-state index in [1.165, 1.54) is 11.1 Å². The lowest BCUT2D eigenvalue weighted by Gasteiger charge is -2.25. The lowest BCUT2D eigenvalue weighted by Crippen LogP contribution is -2.31. The normalized spacial score (nSPS) is 16.6. The molecule has 1 aliphatic heterocycles.